The Morgan fingerprint density at radius 3 is 2.76 bits per heavy atom. The van der Waals surface area contributed by atoms with Crippen LogP contribution in [0.25, 0.3) is 0 Å². The van der Waals surface area contributed by atoms with Crippen LogP contribution in [0.2, 0.25) is 0 Å². The maximum absolute atomic E-state index is 13.5. The Morgan fingerprint density at radius 2 is 2.05 bits per heavy atom. The molecule has 1 amide bonds. The fourth-order valence-electron chi connectivity index (χ4n) is 4.32. The van der Waals surface area contributed by atoms with Crippen LogP contribution in [0.15, 0.2) is 88.6 Å². The van der Waals surface area contributed by atoms with E-state index in [-0.39, 0.29) is 18.0 Å². The lowest BCUT2D eigenvalue weighted by Crippen LogP contribution is -2.45. The zero-order valence-corrected chi connectivity index (χ0v) is 21.5. The molecule has 1 saturated heterocycles. The van der Waals surface area contributed by atoms with Crippen molar-refractivity contribution >= 4 is 27.5 Å². The number of carbonyl (C=O) groups excluding carboxylic acids is 1. The van der Waals surface area contributed by atoms with Crippen molar-refractivity contribution in [3.8, 4) is 0 Å². The van der Waals surface area contributed by atoms with Crippen LogP contribution in [0.3, 0.4) is 0 Å². The molecular weight excluding hydrogens is 549 g/mol. The summed E-state index contributed by atoms with van der Waals surface area (Å²) in [5.41, 5.74) is 0.342. The van der Waals surface area contributed by atoms with Gasteiger partial charge in [-0.2, -0.15) is 13.2 Å². The van der Waals surface area contributed by atoms with Crippen molar-refractivity contribution in [3.63, 3.8) is 0 Å². The van der Waals surface area contributed by atoms with Crippen LogP contribution in [-0.4, -0.2) is 39.6 Å². The van der Waals surface area contributed by atoms with E-state index < -0.39 is 17.6 Å². The van der Waals surface area contributed by atoms with Crippen molar-refractivity contribution in [3.05, 3.63) is 100 Å². The summed E-state index contributed by atoms with van der Waals surface area (Å²) in [7, 11) is 0. The maximum atomic E-state index is 13.5. The van der Waals surface area contributed by atoms with Gasteiger partial charge in [0, 0.05) is 44.0 Å². The van der Waals surface area contributed by atoms with E-state index in [9.17, 15) is 18.0 Å². The molecular formula is C26H26BrF3N6O. The second kappa shape index (κ2) is 11.3. The second-order valence-corrected chi connectivity index (χ2v) is 9.51. The highest BCUT2D eigenvalue weighted by molar-refractivity contribution is 9.11. The monoisotopic (exact) mass is 574 g/mol. The van der Waals surface area contributed by atoms with Gasteiger partial charge in [-0.25, -0.2) is 15.8 Å². The number of nitrogens with zero attached hydrogens (tertiary/aromatic N) is 4. The number of halogens is 4. The Balaban J connectivity index is 1.60. The summed E-state index contributed by atoms with van der Waals surface area (Å²) in [6.07, 6.45) is 3.55. The molecule has 194 valence electrons. The minimum absolute atomic E-state index is 0.195. The van der Waals surface area contributed by atoms with E-state index in [4.69, 9.17) is 10.8 Å². The lowest BCUT2D eigenvalue weighted by atomic mass is 9.91. The molecule has 11 heteroatoms. The number of nitrogens with one attached hydrogen (secondary N) is 1. The summed E-state index contributed by atoms with van der Waals surface area (Å²) < 4.78 is 41.2. The van der Waals surface area contributed by atoms with Gasteiger partial charge in [-0.15, -0.1) is 0 Å². The quantitative estimate of drug-likeness (QED) is 0.476. The van der Waals surface area contributed by atoms with Gasteiger partial charge in [-0.1, -0.05) is 30.9 Å². The van der Waals surface area contributed by atoms with Gasteiger partial charge in [0.15, 0.2) is 5.82 Å². The van der Waals surface area contributed by atoms with Crippen molar-refractivity contribution in [1.29, 1.82) is 0 Å². The molecule has 1 unspecified atom stereocenters. The normalized spacial score (nSPS) is 19.6. The van der Waals surface area contributed by atoms with Crippen molar-refractivity contribution in [2.45, 2.75) is 25.6 Å². The second-order valence-electron chi connectivity index (χ2n) is 8.66. The fraction of sp³-hybridized carbons (Fsp3) is 0.269. The summed E-state index contributed by atoms with van der Waals surface area (Å²) in [4.78, 5) is 23.5. The van der Waals surface area contributed by atoms with Gasteiger partial charge in [0.25, 0.3) is 5.91 Å². The minimum atomic E-state index is -4.62. The van der Waals surface area contributed by atoms with Gasteiger partial charge >= 0.3 is 6.18 Å². The van der Waals surface area contributed by atoms with E-state index in [0.717, 1.165) is 18.1 Å². The zero-order valence-electron chi connectivity index (χ0n) is 19.9. The van der Waals surface area contributed by atoms with Crippen molar-refractivity contribution < 1.29 is 18.0 Å². The Labute approximate surface area is 221 Å². The highest BCUT2D eigenvalue weighted by atomic mass is 79.9. The minimum Gasteiger partial charge on any atom is -0.366 e. The molecule has 1 fully saturated rings. The number of alkyl halides is 3. The summed E-state index contributed by atoms with van der Waals surface area (Å²) >= 11 is 3.44. The maximum Gasteiger partial charge on any atom is 0.417 e. The first-order valence-corrected chi connectivity index (χ1v) is 12.4. The van der Waals surface area contributed by atoms with Gasteiger partial charge in [-0.3, -0.25) is 9.78 Å². The molecule has 0 aliphatic carbocycles. The molecule has 4 rings (SSSR count). The molecule has 2 aromatic rings. The number of carbonyl (C=O) groups is 1. The van der Waals surface area contributed by atoms with Crippen LogP contribution < -0.4 is 11.2 Å². The molecule has 2 aliphatic rings. The molecule has 1 atom stereocenters. The molecule has 1 aromatic carbocycles. The Kier molecular flexibility index (Phi) is 8.13. The third-order valence-corrected chi connectivity index (χ3v) is 6.86. The molecule has 0 spiro atoms. The van der Waals surface area contributed by atoms with E-state index >= 15 is 0 Å². The van der Waals surface area contributed by atoms with E-state index in [1.807, 2.05) is 18.2 Å². The topological polar surface area (TPSA) is 86.9 Å². The average Bonchev–Trinajstić information content (AvgIpc) is 2.91. The molecule has 0 saturated carbocycles. The number of amides is 1. The van der Waals surface area contributed by atoms with Gasteiger partial charge < -0.3 is 10.2 Å². The third kappa shape index (κ3) is 6.11. The lowest BCUT2D eigenvalue weighted by Gasteiger charge is -2.36. The number of allylic oxidation sites excluding steroid dienone is 3. The number of hydrogen-bond donors (Lipinski definition) is 2. The van der Waals surface area contributed by atoms with Gasteiger partial charge in [-0.05, 0) is 52.5 Å². The van der Waals surface area contributed by atoms with Crippen molar-refractivity contribution in [2.24, 2.45) is 16.8 Å². The van der Waals surface area contributed by atoms with Gasteiger partial charge in [0.2, 0.25) is 0 Å². The molecule has 3 N–H and O–H groups in total. The van der Waals surface area contributed by atoms with Gasteiger partial charge in [0.1, 0.15) is 5.82 Å². The molecule has 37 heavy (non-hydrogen) atoms. The predicted molar refractivity (Wildman–Crippen MR) is 139 cm³/mol. The van der Waals surface area contributed by atoms with Crippen molar-refractivity contribution in [1.82, 2.24) is 20.2 Å². The Bertz CT molecular complexity index is 1260. The number of piperidine rings is 1. The molecule has 2 aliphatic heterocycles. The number of aliphatic imine (C=N–C) groups is 1. The standard InChI is InChI=1S/C26H26BrF3N6O/c1-2-21(27)24-34-22(13-23(36(24)31)33-15-17-7-5-11-32-14-17)18-8-6-12-35(16-18)25(37)19-9-3-4-10-20(19)26(28,29)30/h2-5,7,9-11,13-14,18,33H,1,6,8,12,15-16,31H2/b24-21+. The number of benzene rings is 1. The number of nitrogens with two attached hydrogens (primary N) is 1. The number of likely N-dealkylation sites (tertiary alicyclic amines) is 1. The lowest BCUT2D eigenvalue weighted by molar-refractivity contribution is -0.138. The van der Waals surface area contributed by atoms with Crippen LogP contribution in [0.5, 0.6) is 0 Å². The van der Waals surface area contributed by atoms with E-state index in [0.29, 0.717) is 41.3 Å². The van der Waals surface area contributed by atoms with Crippen LogP contribution >= 0.6 is 15.9 Å². The van der Waals surface area contributed by atoms with E-state index in [1.54, 1.807) is 18.5 Å². The summed E-state index contributed by atoms with van der Waals surface area (Å²) in [6.45, 7) is 4.84. The van der Waals surface area contributed by atoms with Crippen LogP contribution in [-0.2, 0) is 12.7 Å². The number of rotatable bonds is 6. The Hall–Kier alpha value is -3.44. The van der Waals surface area contributed by atoms with Crippen LogP contribution in [0.4, 0.5) is 13.2 Å². The van der Waals surface area contributed by atoms with E-state index in [1.165, 1.54) is 28.1 Å². The molecule has 0 radical (unpaired) electrons. The summed E-state index contributed by atoms with van der Waals surface area (Å²) in [5.74, 6) is 6.50. The fourth-order valence-corrected chi connectivity index (χ4v) is 4.60. The molecule has 7 nitrogen and oxygen atoms in total. The first-order valence-electron chi connectivity index (χ1n) is 11.6. The summed E-state index contributed by atoms with van der Waals surface area (Å²) in [5, 5.41) is 4.70. The van der Waals surface area contributed by atoms with Gasteiger partial charge in [0.05, 0.1) is 21.3 Å². The molecule has 3 heterocycles. The third-order valence-electron chi connectivity index (χ3n) is 6.19. The molecule has 0 bridgehead atoms. The van der Waals surface area contributed by atoms with Crippen LogP contribution in [0, 0.1) is 5.92 Å². The Morgan fingerprint density at radius 1 is 1.27 bits per heavy atom. The zero-order chi connectivity index (χ0) is 26.6. The largest absolute Gasteiger partial charge is 0.417 e. The SMILES string of the molecule is C=C/C(Br)=C1/N=C(C2CCCN(C(=O)c3ccccc3C(F)(F)F)C2)C=C(NCc2cccnc2)N1N. The summed E-state index contributed by atoms with van der Waals surface area (Å²) in [6, 6.07) is 8.65. The highest BCUT2D eigenvalue weighted by Gasteiger charge is 2.37. The smallest absolute Gasteiger partial charge is 0.366 e. The van der Waals surface area contributed by atoms with Crippen LogP contribution in [0.1, 0.15) is 34.3 Å². The average molecular weight is 575 g/mol. The first kappa shape index (κ1) is 26.6. The number of aromatic nitrogens is 1. The van der Waals surface area contributed by atoms with Crippen molar-refractivity contribution in [2.75, 3.05) is 13.1 Å². The van der Waals surface area contributed by atoms with E-state index in [2.05, 4.69) is 32.8 Å². The number of pyridine rings is 1. The first-order chi connectivity index (χ1) is 17.7. The molecule has 1 aromatic heterocycles. The highest BCUT2D eigenvalue weighted by Crippen LogP contribution is 2.33. The predicted octanol–water partition coefficient (Wildman–Crippen LogP) is 4.96. The number of hydrogen-bond acceptors (Lipinski definition) is 6. The number of hydrazine groups is 1.